The molecule has 0 amide bonds. The number of benzene rings is 1. The van der Waals surface area contributed by atoms with Gasteiger partial charge in [-0.25, -0.2) is 13.1 Å². The number of pyridine rings is 1. The molecule has 0 aliphatic rings. The minimum atomic E-state index is -4.76. The van der Waals surface area contributed by atoms with Crippen molar-refractivity contribution in [1.82, 2.24) is 9.71 Å². The van der Waals surface area contributed by atoms with Crippen molar-refractivity contribution in [3.8, 4) is 11.1 Å². The molecule has 0 saturated carbocycles. The largest absolute Gasteiger partial charge is 0.417 e. The molecule has 0 bridgehead atoms. The van der Waals surface area contributed by atoms with Crippen LogP contribution in [-0.2, 0) is 22.7 Å². The number of hydrogen-bond acceptors (Lipinski definition) is 4. The molecule has 2 aromatic heterocycles. The van der Waals surface area contributed by atoms with Gasteiger partial charge in [0.05, 0.1) is 10.5 Å². The Morgan fingerprint density at radius 2 is 1.85 bits per heavy atom. The van der Waals surface area contributed by atoms with Crippen LogP contribution in [0.15, 0.2) is 64.4 Å². The molecule has 0 atom stereocenters. The standard InChI is InChI=1S/C17H13F3N2O2S2/c18-17(19,20)15-3-1-2-4-16(15)26(23,24)22-9-12-7-14(10-21-8-12)13-5-6-25-11-13/h1-8,10-11,22H,9H2. The average molecular weight is 398 g/mol. The van der Waals surface area contributed by atoms with Gasteiger partial charge < -0.3 is 0 Å². The van der Waals surface area contributed by atoms with Crippen molar-refractivity contribution in [2.45, 2.75) is 17.6 Å². The third-order valence-corrected chi connectivity index (χ3v) is 5.74. The van der Waals surface area contributed by atoms with E-state index in [0.29, 0.717) is 5.56 Å². The molecule has 1 N–H and O–H groups in total. The highest BCUT2D eigenvalue weighted by Crippen LogP contribution is 2.34. The van der Waals surface area contributed by atoms with Crippen LogP contribution in [0, 0.1) is 0 Å². The van der Waals surface area contributed by atoms with Crippen molar-refractivity contribution in [2.75, 3.05) is 0 Å². The molecule has 0 spiro atoms. The van der Waals surface area contributed by atoms with E-state index in [0.717, 1.165) is 29.3 Å². The smallest absolute Gasteiger partial charge is 0.264 e. The SMILES string of the molecule is O=S(=O)(NCc1cncc(-c2ccsc2)c1)c1ccccc1C(F)(F)F. The first-order valence-corrected chi connectivity index (χ1v) is 9.82. The van der Waals surface area contributed by atoms with E-state index in [2.05, 4.69) is 9.71 Å². The van der Waals surface area contributed by atoms with Crippen LogP contribution in [0.4, 0.5) is 13.2 Å². The number of sulfonamides is 1. The van der Waals surface area contributed by atoms with Crippen LogP contribution in [0.3, 0.4) is 0 Å². The van der Waals surface area contributed by atoms with Crippen LogP contribution >= 0.6 is 11.3 Å². The first-order valence-electron chi connectivity index (χ1n) is 7.40. The van der Waals surface area contributed by atoms with Gasteiger partial charge in [-0.15, -0.1) is 0 Å². The fourth-order valence-electron chi connectivity index (χ4n) is 2.36. The molecule has 3 rings (SSSR count). The molecule has 0 aliphatic carbocycles. The number of thiophene rings is 1. The summed E-state index contributed by atoms with van der Waals surface area (Å²) in [4.78, 5) is 3.26. The van der Waals surface area contributed by atoms with Gasteiger partial charge in [0.2, 0.25) is 10.0 Å². The summed E-state index contributed by atoms with van der Waals surface area (Å²) >= 11 is 1.51. The number of nitrogens with one attached hydrogen (secondary N) is 1. The minimum Gasteiger partial charge on any atom is -0.264 e. The van der Waals surface area contributed by atoms with E-state index < -0.39 is 26.7 Å². The van der Waals surface area contributed by atoms with Gasteiger partial charge in [-0.2, -0.15) is 24.5 Å². The van der Waals surface area contributed by atoms with Gasteiger partial charge in [0.25, 0.3) is 0 Å². The third-order valence-electron chi connectivity index (χ3n) is 3.60. The highest BCUT2D eigenvalue weighted by atomic mass is 32.2. The van der Waals surface area contributed by atoms with Gasteiger partial charge in [-0.1, -0.05) is 12.1 Å². The number of alkyl halides is 3. The number of hydrogen-bond donors (Lipinski definition) is 1. The molecule has 0 radical (unpaired) electrons. The van der Waals surface area contributed by atoms with E-state index in [4.69, 9.17) is 0 Å². The molecular formula is C17H13F3N2O2S2. The molecule has 9 heteroatoms. The van der Waals surface area contributed by atoms with E-state index in [1.165, 1.54) is 23.6 Å². The second-order valence-corrected chi connectivity index (χ2v) is 7.93. The normalized spacial score (nSPS) is 12.3. The molecular weight excluding hydrogens is 385 g/mol. The molecule has 3 aromatic rings. The van der Waals surface area contributed by atoms with Crippen molar-refractivity contribution in [3.63, 3.8) is 0 Å². The number of rotatable bonds is 5. The van der Waals surface area contributed by atoms with Crippen LogP contribution < -0.4 is 4.72 Å². The summed E-state index contributed by atoms with van der Waals surface area (Å²) in [6.07, 6.45) is -1.65. The zero-order valence-electron chi connectivity index (χ0n) is 13.2. The summed E-state index contributed by atoms with van der Waals surface area (Å²) < 4.78 is 66.1. The van der Waals surface area contributed by atoms with Crippen LogP contribution in [-0.4, -0.2) is 13.4 Å². The second-order valence-electron chi connectivity index (χ2n) is 5.41. The molecule has 0 unspecified atom stereocenters. The van der Waals surface area contributed by atoms with Crippen LogP contribution in [0.25, 0.3) is 11.1 Å². The summed E-state index contributed by atoms with van der Waals surface area (Å²) in [5.74, 6) is 0. The number of aromatic nitrogens is 1. The lowest BCUT2D eigenvalue weighted by molar-refractivity contribution is -0.139. The Kier molecular flexibility index (Phi) is 5.12. The summed E-state index contributed by atoms with van der Waals surface area (Å²) in [7, 11) is -4.33. The maximum atomic E-state index is 13.1. The van der Waals surface area contributed by atoms with Crippen molar-refractivity contribution < 1.29 is 21.6 Å². The van der Waals surface area contributed by atoms with E-state index in [1.54, 1.807) is 12.3 Å². The summed E-state index contributed by atoms with van der Waals surface area (Å²) in [5, 5.41) is 3.82. The quantitative estimate of drug-likeness (QED) is 0.697. The van der Waals surface area contributed by atoms with Crippen LogP contribution in [0.5, 0.6) is 0 Å². The van der Waals surface area contributed by atoms with Crippen molar-refractivity contribution in [2.24, 2.45) is 0 Å². The zero-order chi connectivity index (χ0) is 18.8. The highest BCUT2D eigenvalue weighted by molar-refractivity contribution is 7.89. The molecule has 136 valence electrons. The Hall–Kier alpha value is -2.23. The van der Waals surface area contributed by atoms with Crippen molar-refractivity contribution >= 4 is 21.4 Å². The summed E-state index contributed by atoms with van der Waals surface area (Å²) in [6, 6.07) is 7.72. The van der Waals surface area contributed by atoms with Crippen LogP contribution in [0.1, 0.15) is 11.1 Å². The van der Waals surface area contributed by atoms with E-state index in [9.17, 15) is 21.6 Å². The van der Waals surface area contributed by atoms with Crippen molar-refractivity contribution in [3.05, 3.63) is 70.7 Å². The van der Waals surface area contributed by atoms with Crippen molar-refractivity contribution in [1.29, 1.82) is 0 Å². The van der Waals surface area contributed by atoms with Gasteiger partial charge in [0.15, 0.2) is 0 Å². The molecule has 0 saturated heterocycles. The molecule has 26 heavy (non-hydrogen) atoms. The Morgan fingerprint density at radius 3 is 2.54 bits per heavy atom. The lowest BCUT2D eigenvalue weighted by Crippen LogP contribution is -2.26. The molecule has 0 aliphatic heterocycles. The van der Waals surface area contributed by atoms with E-state index >= 15 is 0 Å². The molecule has 4 nitrogen and oxygen atoms in total. The lowest BCUT2D eigenvalue weighted by atomic mass is 10.1. The Bertz CT molecular complexity index is 1000. The van der Waals surface area contributed by atoms with E-state index in [-0.39, 0.29) is 6.54 Å². The second kappa shape index (κ2) is 7.18. The van der Waals surface area contributed by atoms with Gasteiger partial charge in [-0.3, -0.25) is 4.98 Å². The van der Waals surface area contributed by atoms with Gasteiger partial charge in [0.1, 0.15) is 0 Å². The topological polar surface area (TPSA) is 59.1 Å². The maximum absolute atomic E-state index is 13.1. The zero-order valence-corrected chi connectivity index (χ0v) is 14.8. The average Bonchev–Trinajstić information content (AvgIpc) is 3.14. The predicted molar refractivity (Wildman–Crippen MR) is 93.0 cm³/mol. The molecule has 0 fully saturated rings. The van der Waals surface area contributed by atoms with Gasteiger partial charge in [0, 0.05) is 24.5 Å². The number of halogens is 3. The Balaban J connectivity index is 1.83. The monoisotopic (exact) mass is 398 g/mol. The predicted octanol–water partition coefficient (Wildman–Crippen LogP) is 4.31. The molecule has 2 heterocycles. The lowest BCUT2D eigenvalue weighted by Gasteiger charge is -2.13. The fraction of sp³-hybridized carbons (Fsp3) is 0.118. The Labute approximate surface area is 152 Å². The summed E-state index contributed by atoms with van der Waals surface area (Å²) in [6.45, 7) is -0.167. The third kappa shape index (κ3) is 4.12. The van der Waals surface area contributed by atoms with E-state index in [1.807, 2.05) is 16.8 Å². The highest BCUT2D eigenvalue weighted by Gasteiger charge is 2.36. The summed E-state index contributed by atoms with van der Waals surface area (Å²) in [5.41, 5.74) is 1.09. The van der Waals surface area contributed by atoms with Gasteiger partial charge >= 0.3 is 6.18 Å². The fourth-order valence-corrected chi connectivity index (χ4v) is 4.27. The Morgan fingerprint density at radius 1 is 1.08 bits per heavy atom. The van der Waals surface area contributed by atoms with Crippen LogP contribution in [0.2, 0.25) is 0 Å². The first kappa shape index (κ1) is 18.6. The van der Waals surface area contributed by atoms with Gasteiger partial charge in [-0.05, 0) is 46.2 Å². The first-order chi connectivity index (χ1) is 12.3. The number of nitrogens with zero attached hydrogens (tertiary/aromatic N) is 1. The minimum absolute atomic E-state index is 0.167. The molecule has 1 aromatic carbocycles. The maximum Gasteiger partial charge on any atom is 0.417 e.